The van der Waals surface area contributed by atoms with E-state index in [0.717, 1.165) is 22.7 Å². The molecule has 22 heavy (non-hydrogen) atoms. The van der Waals surface area contributed by atoms with Crippen LogP contribution in [0.5, 0.6) is 0 Å². The first-order valence-electron chi connectivity index (χ1n) is 5.77. The number of anilines is 2. The van der Waals surface area contributed by atoms with Crippen LogP contribution >= 0.6 is 22.7 Å². The molecule has 0 aromatic carbocycles. The lowest BCUT2D eigenvalue weighted by Gasteiger charge is -2.10. The topological polar surface area (TPSA) is 146 Å². The number of amides is 1. The number of nitrogen functional groups attached to an aromatic ring is 2. The van der Waals surface area contributed by atoms with Crippen molar-refractivity contribution in [2.75, 3.05) is 18.6 Å². The lowest BCUT2D eigenvalue weighted by atomic mass is 10.2. The average Bonchev–Trinajstić information content (AvgIpc) is 3.10. The standard InChI is InChI=1S/C11H11N6O3S2/c1-20-17-8(7-4-22-11(13)16-7)9(19)14-5(2-18)6-3-21-10(12)15-6/h3-5H,1H3,(H2,12,15)(H2,13,16)(H,14,19). The molecule has 1 amide bonds. The smallest absolute Gasteiger partial charge is 0.276 e. The van der Waals surface area contributed by atoms with Gasteiger partial charge in [-0.15, -0.1) is 22.7 Å². The fourth-order valence-corrected chi connectivity index (χ4v) is 2.62. The number of aromatic nitrogens is 2. The number of carbonyl (C=O) groups excluding carboxylic acids is 2. The lowest BCUT2D eigenvalue weighted by molar-refractivity contribution is -0.115. The molecule has 0 aliphatic heterocycles. The Morgan fingerprint density at radius 1 is 1.36 bits per heavy atom. The number of nitrogens with one attached hydrogen (secondary N) is 1. The molecule has 0 bridgehead atoms. The van der Waals surface area contributed by atoms with Crippen molar-refractivity contribution in [3.8, 4) is 0 Å². The Morgan fingerprint density at radius 2 is 2.05 bits per heavy atom. The first kappa shape index (κ1) is 15.9. The van der Waals surface area contributed by atoms with Crippen LogP contribution in [0.15, 0.2) is 15.9 Å². The summed E-state index contributed by atoms with van der Waals surface area (Å²) in [6.07, 6.45) is 1.68. The van der Waals surface area contributed by atoms with Crippen LogP contribution in [0.25, 0.3) is 0 Å². The van der Waals surface area contributed by atoms with Crippen LogP contribution < -0.4 is 16.8 Å². The van der Waals surface area contributed by atoms with Gasteiger partial charge in [0.2, 0.25) is 6.29 Å². The van der Waals surface area contributed by atoms with Crippen molar-refractivity contribution >= 4 is 50.8 Å². The zero-order valence-electron chi connectivity index (χ0n) is 11.3. The molecule has 2 aromatic heterocycles. The van der Waals surface area contributed by atoms with Gasteiger partial charge >= 0.3 is 0 Å². The van der Waals surface area contributed by atoms with Crippen LogP contribution in [-0.4, -0.2) is 35.0 Å². The molecular formula is C11H11N6O3S2. The molecule has 0 spiro atoms. The number of oxime groups is 1. The van der Waals surface area contributed by atoms with E-state index < -0.39 is 11.9 Å². The SMILES string of the molecule is CON=C(C(=O)NC([C]=O)c1csc(N)n1)c1csc(N)n1. The molecule has 1 radical (unpaired) electrons. The molecule has 0 saturated heterocycles. The van der Waals surface area contributed by atoms with E-state index in [2.05, 4.69) is 25.3 Å². The molecule has 1 atom stereocenters. The lowest BCUT2D eigenvalue weighted by Crippen LogP contribution is -2.36. The Bertz CT molecular complexity index is 710. The maximum Gasteiger partial charge on any atom is 0.276 e. The molecule has 2 aromatic rings. The van der Waals surface area contributed by atoms with Crippen LogP contribution in [0.4, 0.5) is 10.3 Å². The quantitative estimate of drug-likeness (QED) is 0.499. The van der Waals surface area contributed by atoms with Crippen molar-refractivity contribution in [3.05, 3.63) is 22.1 Å². The summed E-state index contributed by atoms with van der Waals surface area (Å²) in [6, 6.07) is -1.07. The summed E-state index contributed by atoms with van der Waals surface area (Å²) in [5, 5.41) is 9.70. The van der Waals surface area contributed by atoms with E-state index >= 15 is 0 Å². The van der Waals surface area contributed by atoms with Gasteiger partial charge in [-0.2, -0.15) is 0 Å². The molecule has 2 rings (SSSR count). The van der Waals surface area contributed by atoms with E-state index in [1.165, 1.54) is 7.11 Å². The fourth-order valence-electron chi connectivity index (χ4n) is 1.49. The van der Waals surface area contributed by atoms with Crippen molar-refractivity contribution in [2.45, 2.75) is 6.04 Å². The maximum absolute atomic E-state index is 12.3. The molecule has 11 heteroatoms. The number of rotatable bonds is 6. The largest absolute Gasteiger partial charge is 0.398 e. The van der Waals surface area contributed by atoms with Crippen molar-refractivity contribution in [2.24, 2.45) is 5.16 Å². The molecule has 0 aliphatic carbocycles. The first-order chi connectivity index (χ1) is 10.5. The van der Waals surface area contributed by atoms with Crippen molar-refractivity contribution in [1.29, 1.82) is 0 Å². The Kier molecular flexibility index (Phi) is 5.01. The van der Waals surface area contributed by atoms with Crippen molar-refractivity contribution < 1.29 is 14.4 Å². The van der Waals surface area contributed by atoms with E-state index in [1.54, 1.807) is 17.0 Å². The number of hydrogen-bond donors (Lipinski definition) is 3. The minimum absolute atomic E-state index is 0.112. The molecule has 0 aliphatic rings. The second-order valence-corrected chi connectivity index (χ2v) is 5.61. The van der Waals surface area contributed by atoms with Gasteiger partial charge in [-0.3, -0.25) is 9.59 Å². The molecule has 5 N–H and O–H groups in total. The van der Waals surface area contributed by atoms with Gasteiger partial charge in [0.05, 0.1) is 5.69 Å². The summed E-state index contributed by atoms with van der Waals surface area (Å²) in [7, 11) is 1.29. The van der Waals surface area contributed by atoms with E-state index in [4.69, 9.17) is 11.5 Å². The predicted molar refractivity (Wildman–Crippen MR) is 83.2 cm³/mol. The normalized spacial score (nSPS) is 12.7. The monoisotopic (exact) mass is 339 g/mol. The number of nitrogens with zero attached hydrogens (tertiary/aromatic N) is 3. The highest BCUT2D eigenvalue weighted by Crippen LogP contribution is 2.18. The summed E-state index contributed by atoms with van der Waals surface area (Å²) in [6.45, 7) is 0. The summed E-state index contributed by atoms with van der Waals surface area (Å²) >= 11 is 2.29. The molecule has 0 saturated carbocycles. The van der Waals surface area contributed by atoms with Gasteiger partial charge in [-0.05, 0) is 0 Å². The second kappa shape index (κ2) is 6.95. The third-order valence-electron chi connectivity index (χ3n) is 2.39. The zero-order chi connectivity index (χ0) is 16.1. The third-order valence-corrected chi connectivity index (χ3v) is 3.76. The Balaban J connectivity index is 2.20. The summed E-state index contributed by atoms with van der Waals surface area (Å²) in [5.74, 6) is -0.674. The average molecular weight is 339 g/mol. The molecule has 115 valence electrons. The molecule has 9 nitrogen and oxygen atoms in total. The minimum atomic E-state index is -1.07. The molecule has 2 heterocycles. The van der Waals surface area contributed by atoms with Gasteiger partial charge in [-0.1, -0.05) is 5.16 Å². The summed E-state index contributed by atoms with van der Waals surface area (Å²) < 4.78 is 0. The second-order valence-electron chi connectivity index (χ2n) is 3.83. The fraction of sp³-hybridized carbons (Fsp3) is 0.182. The van der Waals surface area contributed by atoms with Crippen molar-refractivity contribution in [1.82, 2.24) is 15.3 Å². The van der Waals surface area contributed by atoms with Gasteiger partial charge in [0.15, 0.2) is 16.0 Å². The Hall–Kier alpha value is -2.53. The molecule has 1 unspecified atom stereocenters. The first-order valence-corrected chi connectivity index (χ1v) is 7.53. The van der Waals surface area contributed by atoms with E-state index in [9.17, 15) is 9.59 Å². The number of hydrogen-bond acceptors (Lipinski definition) is 10. The maximum atomic E-state index is 12.3. The van der Waals surface area contributed by atoms with Gasteiger partial charge in [-0.25, -0.2) is 9.97 Å². The predicted octanol–water partition coefficient (Wildman–Crippen LogP) is 0.0817. The van der Waals surface area contributed by atoms with Crippen LogP contribution in [0.3, 0.4) is 0 Å². The minimum Gasteiger partial charge on any atom is -0.398 e. The van der Waals surface area contributed by atoms with Crippen LogP contribution in [0, 0.1) is 0 Å². The van der Waals surface area contributed by atoms with Crippen LogP contribution in [0.2, 0.25) is 0 Å². The van der Waals surface area contributed by atoms with Crippen molar-refractivity contribution in [3.63, 3.8) is 0 Å². The number of thiazole rings is 2. The van der Waals surface area contributed by atoms with Gasteiger partial charge in [0.25, 0.3) is 5.91 Å². The van der Waals surface area contributed by atoms with Crippen LogP contribution in [-0.2, 0) is 14.4 Å². The summed E-state index contributed by atoms with van der Waals surface area (Å²) in [5.41, 5.74) is 11.5. The van der Waals surface area contributed by atoms with E-state index in [-0.39, 0.29) is 21.7 Å². The van der Waals surface area contributed by atoms with Crippen LogP contribution in [0.1, 0.15) is 17.4 Å². The highest BCUT2D eigenvalue weighted by Gasteiger charge is 2.24. The number of nitrogens with two attached hydrogens (primary N) is 2. The Morgan fingerprint density at radius 3 is 2.55 bits per heavy atom. The van der Waals surface area contributed by atoms with E-state index in [1.807, 2.05) is 0 Å². The Labute approximate surface area is 133 Å². The van der Waals surface area contributed by atoms with Gasteiger partial charge in [0.1, 0.15) is 18.8 Å². The van der Waals surface area contributed by atoms with E-state index in [0.29, 0.717) is 5.69 Å². The highest BCUT2D eigenvalue weighted by atomic mass is 32.1. The third kappa shape index (κ3) is 3.56. The molecular weight excluding hydrogens is 328 g/mol. The molecule has 0 fully saturated rings. The van der Waals surface area contributed by atoms with Gasteiger partial charge < -0.3 is 21.6 Å². The summed E-state index contributed by atoms with van der Waals surface area (Å²) in [4.78, 5) is 35.8. The highest BCUT2D eigenvalue weighted by molar-refractivity contribution is 7.14. The van der Waals surface area contributed by atoms with Gasteiger partial charge in [0, 0.05) is 10.8 Å². The zero-order valence-corrected chi connectivity index (χ0v) is 12.9. The number of carbonyl (C=O) groups is 1.